The number of sulfone groups is 1. The number of carbonyl (C=O) groups excluding carboxylic acids is 1. The quantitative estimate of drug-likeness (QED) is 0.736. The maximum Gasteiger partial charge on any atom is 0.241 e. The number of halogens is 1. The van der Waals surface area contributed by atoms with Gasteiger partial charge in [0.2, 0.25) is 12.7 Å². The second-order valence-corrected chi connectivity index (χ2v) is 10.1. The Bertz CT molecular complexity index is 1070. The van der Waals surface area contributed by atoms with E-state index >= 15 is 0 Å². The minimum Gasteiger partial charge on any atom is -0.454 e. The number of fused-ring (bicyclic) bond motifs is 2. The highest BCUT2D eigenvalue weighted by Gasteiger charge is 2.49. The molecule has 0 spiro atoms. The van der Waals surface area contributed by atoms with Crippen LogP contribution in [0.2, 0.25) is 5.02 Å². The van der Waals surface area contributed by atoms with Crippen molar-refractivity contribution in [1.82, 2.24) is 4.90 Å². The molecule has 5 rings (SSSR count). The summed E-state index contributed by atoms with van der Waals surface area (Å²) in [5.74, 6) is 1.25. The van der Waals surface area contributed by atoms with Crippen LogP contribution in [-0.4, -0.2) is 56.2 Å². The average molecular weight is 435 g/mol. The van der Waals surface area contributed by atoms with Crippen molar-refractivity contribution in [3.63, 3.8) is 0 Å². The Labute approximate surface area is 173 Å². The van der Waals surface area contributed by atoms with Crippen molar-refractivity contribution < 1.29 is 22.7 Å². The van der Waals surface area contributed by atoms with E-state index in [1.807, 2.05) is 23.1 Å². The molecule has 2 saturated heterocycles. The highest BCUT2D eigenvalue weighted by molar-refractivity contribution is 7.91. The zero-order chi connectivity index (χ0) is 20.2. The van der Waals surface area contributed by atoms with Crippen LogP contribution in [0.15, 0.2) is 42.5 Å². The fraction of sp³-hybridized carbons (Fsp3) is 0.350. The zero-order valence-electron chi connectivity index (χ0n) is 15.5. The summed E-state index contributed by atoms with van der Waals surface area (Å²) in [5.41, 5.74) is 1.62. The van der Waals surface area contributed by atoms with Crippen LogP contribution in [0, 0.1) is 0 Å². The number of amides is 1. The Morgan fingerprint density at radius 3 is 2.52 bits per heavy atom. The molecule has 0 radical (unpaired) electrons. The third-order valence-electron chi connectivity index (χ3n) is 5.63. The molecule has 7 nitrogen and oxygen atoms in total. The van der Waals surface area contributed by atoms with Gasteiger partial charge in [0.1, 0.15) is 0 Å². The topological polar surface area (TPSA) is 76.1 Å². The Morgan fingerprint density at radius 1 is 1.00 bits per heavy atom. The van der Waals surface area contributed by atoms with Gasteiger partial charge in [-0.05, 0) is 42.0 Å². The molecule has 3 aliphatic heterocycles. The monoisotopic (exact) mass is 434 g/mol. The smallest absolute Gasteiger partial charge is 0.241 e. The van der Waals surface area contributed by atoms with Crippen LogP contribution in [0.3, 0.4) is 0 Å². The molecule has 2 unspecified atom stereocenters. The van der Waals surface area contributed by atoms with Crippen molar-refractivity contribution >= 4 is 33.0 Å². The van der Waals surface area contributed by atoms with Crippen LogP contribution < -0.4 is 14.4 Å². The second-order valence-electron chi connectivity index (χ2n) is 7.54. The summed E-state index contributed by atoms with van der Waals surface area (Å²) < 4.78 is 35.7. The molecule has 0 N–H and O–H groups in total. The number of rotatable bonds is 3. The van der Waals surface area contributed by atoms with Crippen molar-refractivity contribution in [3.05, 3.63) is 53.1 Å². The molecule has 0 bridgehead atoms. The van der Waals surface area contributed by atoms with Gasteiger partial charge < -0.3 is 14.4 Å². The number of anilines is 1. The highest BCUT2D eigenvalue weighted by atomic mass is 35.5. The molecule has 2 aromatic carbocycles. The lowest BCUT2D eigenvalue weighted by molar-refractivity contribution is -0.123. The molecule has 3 heterocycles. The molecule has 29 heavy (non-hydrogen) atoms. The fourth-order valence-electron chi connectivity index (χ4n) is 4.34. The van der Waals surface area contributed by atoms with E-state index in [2.05, 4.69) is 0 Å². The predicted molar refractivity (Wildman–Crippen MR) is 108 cm³/mol. The summed E-state index contributed by atoms with van der Waals surface area (Å²) in [6.07, 6.45) is 0. The van der Waals surface area contributed by atoms with Gasteiger partial charge in [-0.25, -0.2) is 8.42 Å². The zero-order valence-corrected chi connectivity index (χ0v) is 17.0. The van der Waals surface area contributed by atoms with E-state index in [0.717, 1.165) is 5.56 Å². The first-order chi connectivity index (χ1) is 13.9. The van der Waals surface area contributed by atoms with E-state index in [1.54, 1.807) is 29.2 Å². The summed E-state index contributed by atoms with van der Waals surface area (Å²) in [6.45, 7) is 0.807. The first-order valence-electron chi connectivity index (χ1n) is 9.30. The van der Waals surface area contributed by atoms with Crippen LogP contribution >= 0.6 is 11.6 Å². The van der Waals surface area contributed by atoms with Gasteiger partial charge in [0, 0.05) is 23.3 Å². The molecule has 2 fully saturated rings. The van der Waals surface area contributed by atoms with Crippen LogP contribution in [-0.2, 0) is 21.2 Å². The Hall–Kier alpha value is -2.29. The number of nitrogens with zero attached hydrogens (tertiary/aromatic N) is 2. The third-order valence-corrected chi connectivity index (χ3v) is 7.58. The molecular weight excluding hydrogens is 416 g/mol. The average Bonchev–Trinajstić information content (AvgIpc) is 3.26. The van der Waals surface area contributed by atoms with Gasteiger partial charge in [-0.15, -0.1) is 0 Å². The minimum absolute atomic E-state index is 0.0380. The lowest BCUT2D eigenvalue weighted by Crippen LogP contribution is -2.61. The van der Waals surface area contributed by atoms with E-state index < -0.39 is 15.9 Å². The lowest BCUT2D eigenvalue weighted by Gasteiger charge is -2.43. The Kier molecular flexibility index (Phi) is 4.45. The van der Waals surface area contributed by atoms with Crippen molar-refractivity contribution in [1.29, 1.82) is 0 Å². The summed E-state index contributed by atoms with van der Waals surface area (Å²) in [4.78, 5) is 16.6. The molecule has 0 aliphatic carbocycles. The third kappa shape index (κ3) is 3.45. The molecule has 9 heteroatoms. The molecule has 1 amide bonds. The van der Waals surface area contributed by atoms with Gasteiger partial charge >= 0.3 is 0 Å². The number of piperazine rings is 1. The van der Waals surface area contributed by atoms with E-state index in [-0.39, 0.29) is 36.8 Å². The van der Waals surface area contributed by atoms with E-state index in [4.69, 9.17) is 21.1 Å². The van der Waals surface area contributed by atoms with Crippen molar-refractivity contribution in [2.24, 2.45) is 0 Å². The predicted octanol–water partition coefficient (Wildman–Crippen LogP) is 2.08. The van der Waals surface area contributed by atoms with Gasteiger partial charge in [0.15, 0.2) is 21.3 Å². The number of hydrogen-bond acceptors (Lipinski definition) is 6. The Morgan fingerprint density at radius 2 is 1.72 bits per heavy atom. The minimum atomic E-state index is -3.24. The van der Waals surface area contributed by atoms with Crippen LogP contribution in [0.4, 0.5) is 5.69 Å². The molecule has 0 aromatic heterocycles. The molecule has 0 saturated carbocycles. The van der Waals surface area contributed by atoms with Gasteiger partial charge in [0.25, 0.3) is 0 Å². The fourth-order valence-corrected chi connectivity index (χ4v) is 6.45. The summed E-state index contributed by atoms with van der Waals surface area (Å²) in [7, 11) is -3.24. The van der Waals surface area contributed by atoms with Gasteiger partial charge in [-0.2, -0.15) is 0 Å². The molecule has 152 valence electrons. The van der Waals surface area contributed by atoms with Crippen LogP contribution in [0.5, 0.6) is 11.5 Å². The van der Waals surface area contributed by atoms with E-state index in [9.17, 15) is 13.2 Å². The maximum absolute atomic E-state index is 13.0. The molecule has 3 aliphatic rings. The van der Waals surface area contributed by atoms with Gasteiger partial charge in [-0.1, -0.05) is 17.7 Å². The van der Waals surface area contributed by atoms with E-state index in [0.29, 0.717) is 28.8 Å². The standard InChI is InChI=1S/C20H19ClN2O5S/c21-14-2-4-15(5-3-14)23-17-11-29(25,26)10-16(17)22(9-20(23)24)8-13-1-6-18-19(7-13)28-12-27-18/h1-7,16-17H,8-12H2. The normalized spacial score (nSPS) is 25.3. The van der Waals surface area contributed by atoms with Gasteiger partial charge in [0.05, 0.1) is 24.1 Å². The van der Waals surface area contributed by atoms with Crippen LogP contribution in [0.25, 0.3) is 0 Å². The second kappa shape index (κ2) is 6.90. The molecule has 2 atom stereocenters. The number of benzene rings is 2. The number of ether oxygens (including phenoxy) is 2. The van der Waals surface area contributed by atoms with Crippen molar-refractivity contribution in [2.75, 3.05) is 29.7 Å². The summed E-state index contributed by atoms with van der Waals surface area (Å²) >= 11 is 5.97. The largest absolute Gasteiger partial charge is 0.454 e. The van der Waals surface area contributed by atoms with Crippen LogP contribution in [0.1, 0.15) is 5.56 Å². The molecule has 2 aromatic rings. The summed E-state index contributed by atoms with van der Waals surface area (Å²) in [6, 6.07) is 11.9. The first kappa shape index (κ1) is 18.7. The lowest BCUT2D eigenvalue weighted by atomic mass is 10.0. The first-order valence-corrected chi connectivity index (χ1v) is 11.5. The Balaban J connectivity index is 1.45. The maximum atomic E-state index is 13.0. The number of carbonyl (C=O) groups is 1. The van der Waals surface area contributed by atoms with E-state index in [1.165, 1.54) is 0 Å². The number of hydrogen-bond donors (Lipinski definition) is 0. The van der Waals surface area contributed by atoms with Crippen molar-refractivity contribution in [2.45, 2.75) is 18.6 Å². The summed E-state index contributed by atoms with van der Waals surface area (Å²) in [5, 5.41) is 0.568. The SMILES string of the molecule is O=C1CN(Cc2ccc3c(c2)OCO3)C2CS(=O)(=O)CC2N1c1ccc(Cl)cc1. The van der Waals surface area contributed by atoms with Gasteiger partial charge in [-0.3, -0.25) is 9.69 Å². The van der Waals surface area contributed by atoms with Crippen molar-refractivity contribution in [3.8, 4) is 11.5 Å². The highest BCUT2D eigenvalue weighted by Crippen LogP contribution is 2.35. The molecular formula is C20H19ClN2O5S.